The van der Waals surface area contributed by atoms with Crippen molar-refractivity contribution in [2.75, 3.05) is 19.6 Å². The fourth-order valence-corrected chi connectivity index (χ4v) is 5.22. The number of aromatic nitrogens is 1. The number of nitrogens with zero attached hydrogens (tertiary/aromatic N) is 2. The quantitative estimate of drug-likeness (QED) is 0.831. The molecule has 5 nitrogen and oxygen atoms in total. The van der Waals surface area contributed by atoms with Crippen LogP contribution >= 0.6 is 11.3 Å². The van der Waals surface area contributed by atoms with Gasteiger partial charge in [-0.2, -0.15) is 0 Å². The largest absolute Gasteiger partial charge is 0.355 e. The Bertz CT molecular complexity index is 649. The van der Waals surface area contributed by atoms with E-state index in [9.17, 15) is 9.59 Å². The van der Waals surface area contributed by atoms with Crippen LogP contribution in [0.25, 0.3) is 0 Å². The van der Waals surface area contributed by atoms with E-state index in [-0.39, 0.29) is 17.7 Å². The Kier molecular flexibility index (Phi) is 5.57. The zero-order valence-electron chi connectivity index (χ0n) is 15.4. The van der Waals surface area contributed by atoms with Gasteiger partial charge in [0.15, 0.2) is 0 Å². The van der Waals surface area contributed by atoms with Gasteiger partial charge in [-0.1, -0.05) is 12.8 Å². The highest BCUT2D eigenvalue weighted by molar-refractivity contribution is 7.09. The summed E-state index contributed by atoms with van der Waals surface area (Å²) in [5.41, 5.74) is 1.07. The smallest absolute Gasteiger partial charge is 0.225 e. The molecular weight excluding hydrogens is 346 g/mol. The van der Waals surface area contributed by atoms with Gasteiger partial charge in [0.25, 0.3) is 0 Å². The number of amides is 2. The normalized spacial score (nSPS) is 24.0. The van der Waals surface area contributed by atoms with Gasteiger partial charge in [0, 0.05) is 49.2 Å². The zero-order chi connectivity index (χ0) is 17.9. The molecular formula is C20H29N3O2S. The van der Waals surface area contributed by atoms with Gasteiger partial charge in [-0.25, -0.2) is 4.98 Å². The van der Waals surface area contributed by atoms with Crippen LogP contribution in [0.5, 0.6) is 0 Å². The molecule has 1 N–H and O–H groups in total. The van der Waals surface area contributed by atoms with E-state index in [1.807, 2.05) is 0 Å². The third-order valence-corrected chi connectivity index (χ3v) is 7.04. The first-order valence-electron chi connectivity index (χ1n) is 10.2. The van der Waals surface area contributed by atoms with Crippen molar-refractivity contribution >= 4 is 23.2 Å². The average Bonchev–Trinajstić information content (AvgIpc) is 3.18. The molecule has 3 fully saturated rings. The van der Waals surface area contributed by atoms with Crippen molar-refractivity contribution in [2.24, 2.45) is 11.8 Å². The van der Waals surface area contributed by atoms with Crippen LogP contribution in [0.1, 0.15) is 68.0 Å². The molecule has 1 aliphatic heterocycles. The number of likely N-dealkylation sites (tertiary alicyclic amines) is 1. The molecule has 6 heteroatoms. The van der Waals surface area contributed by atoms with Crippen molar-refractivity contribution in [3.63, 3.8) is 0 Å². The lowest BCUT2D eigenvalue weighted by Crippen LogP contribution is -2.41. The average molecular weight is 376 g/mol. The van der Waals surface area contributed by atoms with E-state index in [4.69, 9.17) is 4.98 Å². The van der Waals surface area contributed by atoms with Crippen molar-refractivity contribution in [2.45, 2.75) is 63.7 Å². The van der Waals surface area contributed by atoms with Gasteiger partial charge in [-0.3, -0.25) is 9.59 Å². The third-order valence-electron chi connectivity index (χ3n) is 5.98. The highest BCUT2D eigenvalue weighted by atomic mass is 32.1. The lowest BCUT2D eigenvalue weighted by molar-refractivity contribution is -0.136. The molecule has 1 unspecified atom stereocenters. The monoisotopic (exact) mass is 375 g/mol. The van der Waals surface area contributed by atoms with Crippen molar-refractivity contribution in [1.29, 1.82) is 0 Å². The topological polar surface area (TPSA) is 62.3 Å². The molecule has 0 aromatic carbocycles. The standard InChI is InChI=1S/C20H29N3O2S/c24-18(14-7-8-14)21-10-9-17-13-26-19(22-17)16-6-3-11-23(12-16)20(25)15-4-1-2-5-15/h13-16H,1-12H2,(H,21,24). The molecule has 1 atom stereocenters. The SMILES string of the molecule is O=C(NCCc1csc(C2CCCN(C(=O)C3CCCC3)C2)n1)C1CC1. The second-order valence-electron chi connectivity index (χ2n) is 8.10. The van der Waals surface area contributed by atoms with Crippen molar-refractivity contribution in [3.05, 3.63) is 16.1 Å². The van der Waals surface area contributed by atoms with Crippen LogP contribution in [0.15, 0.2) is 5.38 Å². The predicted molar refractivity (Wildman–Crippen MR) is 102 cm³/mol. The molecule has 0 radical (unpaired) electrons. The third kappa shape index (κ3) is 4.27. The first-order valence-corrected chi connectivity index (χ1v) is 11.1. The van der Waals surface area contributed by atoms with E-state index in [0.717, 1.165) is 68.7 Å². The van der Waals surface area contributed by atoms with Crippen LogP contribution in [-0.4, -0.2) is 41.3 Å². The number of carbonyl (C=O) groups is 2. The number of rotatable bonds is 6. The molecule has 0 spiro atoms. The molecule has 2 aliphatic carbocycles. The summed E-state index contributed by atoms with van der Waals surface area (Å²) >= 11 is 1.72. The maximum atomic E-state index is 12.7. The molecule has 3 aliphatic rings. The summed E-state index contributed by atoms with van der Waals surface area (Å²) in [4.78, 5) is 31.3. The Morgan fingerprint density at radius 1 is 1.12 bits per heavy atom. The highest BCUT2D eigenvalue weighted by Crippen LogP contribution is 2.33. The lowest BCUT2D eigenvalue weighted by atomic mass is 9.96. The van der Waals surface area contributed by atoms with Crippen LogP contribution in [0, 0.1) is 11.8 Å². The summed E-state index contributed by atoms with van der Waals surface area (Å²) in [5.74, 6) is 1.51. The number of nitrogens with one attached hydrogen (secondary N) is 1. The summed E-state index contributed by atoms with van der Waals surface area (Å²) in [7, 11) is 0. The molecule has 4 rings (SSSR count). The molecule has 1 saturated heterocycles. The Hall–Kier alpha value is -1.43. The number of carbonyl (C=O) groups excluding carboxylic acids is 2. The van der Waals surface area contributed by atoms with Crippen LogP contribution < -0.4 is 5.32 Å². The first-order chi connectivity index (χ1) is 12.7. The Morgan fingerprint density at radius 2 is 1.92 bits per heavy atom. The molecule has 142 valence electrons. The van der Waals surface area contributed by atoms with Crippen molar-refractivity contribution in [3.8, 4) is 0 Å². The maximum absolute atomic E-state index is 12.7. The van der Waals surface area contributed by atoms with Gasteiger partial charge < -0.3 is 10.2 Å². The number of thiazole rings is 1. The number of piperidine rings is 1. The van der Waals surface area contributed by atoms with E-state index in [2.05, 4.69) is 15.6 Å². The van der Waals surface area contributed by atoms with Crippen molar-refractivity contribution < 1.29 is 9.59 Å². The van der Waals surface area contributed by atoms with E-state index in [0.29, 0.717) is 18.4 Å². The van der Waals surface area contributed by atoms with Crippen LogP contribution in [0.2, 0.25) is 0 Å². The van der Waals surface area contributed by atoms with E-state index in [1.54, 1.807) is 11.3 Å². The Balaban J connectivity index is 1.28. The lowest BCUT2D eigenvalue weighted by Gasteiger charge is -2.33. The minimum absolute atomic E-state index is 0.203. The summed E-state index contributed by atoms with van der Waals surface area (Å²) in [6.45, 7) is 2.42. The van der Waals surface area contributed by atoms with Crippen LogP contribution in [-0.2, 0) is 16.0 Å². The summed E-state index contributed by atoms with van der Waals surface area (Å²) in [6, 6.07) is 0. The van der Waals surface area contributed by atoms with Gasteiger partial charge in [-0.15, -0.1) is 11.3 Å². The van der Waals surface area contributed by atoms with E-state index >= 15 is 0 Å². The van der Waals surface area contributed by atoms with Gasteiger partial charge in [0.1, 0.15) is 0 Å². The van der Waals surface area contributed by atoms with E-state index in [1.165, 1.54) is 12.8 Å². The fraction of sp³-hybridized carbons (Fsp3) is 0.750. The second kappa shape index (κ2) is 8.07. The molecule has 2 saturated carbocycles. The van der Waals surface area contributed by atoms with Crippen molar-refractivity contribution in [1.82, 2.24) is 15.2 Å². The Morgan fingerprint density at radius 3 is 2.69 bits per heavy atom. The zero-order valence-corrected chi connectivity index (χ0v) is 16.2. The molecule has 0 bridgehead atoms. The Labute approximate surface area is 159 Å². The molecule has 1 aromatic heterocycles. The van der Waals surface area contributed by atoms with Gasteiger partial charge in [-0.05, 0) is 38.5 Å². The molecule has 2 amide bonds. The molecule has 26 heavy (non-hydrogen) atoms. The van der Waals surface area contributed by atoms with Gasteiger partial charge in [0.2, 0.25) is 11.8 Å². The summed E-state index contributed by atoms with van der Waals surface area (Å²) in [6.07, 6.45) is 9.67. The summed E-state index contributed by atoms with van der Waals surface area (Å²) in [5, 5.41) is 6.29. The first kappa shape index (κ1) is 18.0. The van der Waals surface area contributed by atoms with Crippen LogP contribution in [0.4, 0.5) is 0 Å². The molecule has 2 heterocycles. The predicted octanol–water partition coefficient (Wildman–Crippen LogP) is 3.11. The van der Waals surface area contributed by atoms with Gasteiger partial charge in [0.05, 0.1) is 10.7 Å². The minimum Gasteiger partial charge on any atom is -0.355 e. The molecule has 1 aromatic rings. The number of hydrogen-bond acceptors (Lipinski definition) is 4. The van der Waals surface area contributed by atoms with Gasteiger partial charge >= 0.3 is 0 Å². The van der Waals surface area contributed by atoms with Crippen LogP contribution in [0.3, 0.4) is 0 Å². The maximum Gasteiger partial charge on any atom is 0.225 e. The summed E-state index contributed by atoms with van der Waals surface area (Å²) < 4.78 is 0. The second-order valence-corrected chi connectivity index (χ2v) is 8.99. The minimum atomic E-state index is 0.203. The van der Waals surface area contributed by atoms with E-state index < -0.39 is 0 Å². The fourth-order valence-electron chi connectivity index (χ4n) is 4.24. The number of hydrogen-bond donors (Lipinski definition) is 1. The highest BCUT2D eigenvalue weighted by Gasteiger charge is 2.32.